The van der Waals surface area contributed by atoms with Crippen molar-refractivity contribution in [1.82, 2.24) is 9.55 Å². The number of unbranched alkanes of at least 4 members (excludes halogenated alkanes) is 2. The first kappa shape index (κ1) is 20.3. The van der Waals surface area contributed by atoms with Crippen LogP contribution in [0.15, 0.2) is 59.7 Å². The summed E-state index contributed by atoms with van der Waals surface area (Å²) in [6.45, 7) is 2.02. The van der Waals surface area contributed by atoms with E-state index in [1.54, 1.807) is 41.2 Å². The van der Waals surface area contributed by atoms with Crippen molar-refractivity contribution in [3.63, 3.8) is 0 Å². The Morgan fingerprint density at radius 3 is 2.52 bits per heavy atom. The maximum absolute atomic E-state index is 12.4. The molecule has 0 fully saturated rings. The summed E-state index contributed by atoms with van der Waals surface area (Å²) in [4.78, 5) is 40.0. The van der Waals surface area contributed by atoms with Gasteiger partial charge in [-0.05, 0) is 43.2 Å². The summed E-state index contributed by atoms with van der Waals surface area (Å²) in [5, 5.41) is 6.15. The molecule has 0 aliphatic heterocycles. The van der Waals surface area contributed by atoms with E-state index in [1.807, 2.05) is 18.2 Å². The maximum Gasteiger partial charge on any atom is 0.261 e. The summed E-state index contributed by atoms with van der Waals surface area (Å²) < 4.78 is 1.62. The molecule has 7 heteroatoms. The number of nitrogens with one attached hydrogen (secondary N) is 2. The van der Waals surface area contributed by atoms with E-state index in [0.717, 1.165) is 19.3 Å². The number of hydrogen-bond donors (Lipinski definition) is 2. The molecule has 0 radical (unpaired) electrons. The van der Waals surface area contributed by atoms with Crippen LogP contribution in [-0.2, 0) is 16.1 Å². The molecular formula is C22H24N4O3. The van der Waals surface area contributed by atoms with Crippen LogP contribution in [0.5, 0.6) is 0 Å². The molecule has 1 heterocycles. The molecule has 0 aliphatic carbocycles. The van der Waals surface area contributed by atoms with Crippen LogP contribution in [0.3, 0.4) is 0 Å². The molecule has 0 atom stereocenters. The second-order valence-corrected chi connectivity index (χ2v) is 6.88. The molecule has 0 bridgehead atoms. The Hall–Kier alpha value is -3.48. The fourth-order valence-corrected chi connectivity index (χ4v) is 3.11. The van der Waals surface area contributed by atoms with Crippen LogP contribution in [-0.4, -0.2) is 21.4 Å². The third-order valence-electron chi connectivity index (χ3n) is 4.50. The van der Waals surface area contributed by atoms with Crippen molar-refractivity contribution >= 4 is 34.1 Å². The fraction of sp³-hybridized carbons (Fsp3) is 0.273. The Kier molecular flexibility index (Phi) is 6.73. The lowest BCUT2D eigenvalue weighted by Crippen LogP contribution is -2.20. The molecule has 7 nitrogen and oxygen atoms in total. The normalized spacial score (nSPS) is 10.7. The predicted octanol–water partition coefficient (Wildman–Crippen LogP) is 3.55. The van der Waals surface area contributed by atoms with E-state index in [-0.39, 0.29) is 17.4 Å². The van der Waals surface area contributed by atoms with Gasteiger partial charge >= 0.3 is 0 Å². The Balaban J connectivity index is 1.43. The molecule has 0 saturated carbocycles. The lowest BCUT2D eigenvalue weighted by molar-refractivity contribution is -0.116. The Morgan fingerprint density at radius 1 is 0.966 bits per heavy atom. The molecule has 0 saturated heterocycles. The predicted molar refractivity (Wildman–Crippen MR) is 114 cm³/mol. The van der Waals surface area contributed by atoms with Crippen LogP contribution in [0.2, 0.25) is 0 Å². The van der Waals surface area contributed by atoms with Crippen LogP contribution in [0.4, 0.5) is 11.4 Å². The quantitative estimate of drug-likeness (QED) is 0.573. The summed E-state index contributed by atoms with van der Waals surface area (Å²) in [5.74, 6) is -0.233. The second kappa shape index (κ2) is 9.64. The SMILES string of the molecule is CC(=O)Nc1cccc(NC(=O)CCCCCn2cnc3ccccc3c2=O)c1. The minimum atomic E-state index is -0.158. The first-order chi connectivity index (χ1) is 14.0. The average molecular weight is 392 g/mol. The summed E-state index contributed by atoms with van der Waals surface area (Å²) in [7, 11) is 0. The van der Waals surface area contributed by atoms with Crippen molar-refractivity contribution < 1.29 is 9.59 Å². The number of hydrogen-bond acceptors (Lipinski definition) is 4. The van der Waals surface area contributed by atoms with Crippen LogP contribution in [0.1, 0.15) is 32.6 Å². The lowest BCUT2D eigenvalue weighted by Gasteiger charge is -2.08. The number of carbonyl (C=O) groups excluding carboxylic acids is 2. The number of carbonyl (C=O) groups is 2. The van der Waals surface area contributed by atoms with Gasteiger partial charge in [-0.25, -0.2) is 4.98 Å². The molecule has 29 heavy (non-hydrogen) atoms. The third kappa shape index (κ3) is 5.75. The molecule has 2 amide bonds. The summed E-state index contributed by atoms with van der Waals surface area (Å²) >= 11 is 0. The zero-order chi connectivity index (χ0) is 20.6. The van der Waals surface area contributed by atoms with Gasteiger partial charge in [-0.15, -0.1) is 0 Å². The standard InChI is InChI=1S/C22H24N4O3/c1-16(27)24-17-8-7-9-18(14-17)25-21(28)12-3-2-6-13-26-15-23-20-11-5-4-10-19(20)22(26)29/h4-5,7-11,14-15H,2-3,6,12-13H2,1H3,(H,24,27)(H,25,28). The summed E-state index contributed by atoms with van der Waals surface area (Å²) in [6, 6.07) is 14.3. The van der Waals surface area contributed by atoms with Gasteiger partial charge in [0, 0.05) is 31.3 Å². The molecule has 0 aliphatic rings. The van der Waals surface area contributed by atoms with Gasteiger partial charge < -0.3 is 10.6 Å². The lowest BCUT2D eigenvalue weighted by atomic mass is 10.1. The number of benzene rings is 2. The average Bonchev–Trinajstić information content (AvgIpc) is 2.69. The smallest absolute Gasteiger partial charge is 0.261 e. The molecule has 1 aromatic heterocycles. The number of nitrogens with zero attached hydrogens (tertiary/aromatic N) is 2. The molecule has 0 unspecified atom stereocenters. The van der Waals surface area contributed by atoms with Crippen LogP contribution in [0, 0.1) is 0 Å². The van der Waals surface area contributed by atoms with E-state index in [0.29, 0.717) is 35.2 Å². The molecular weight excluding hydrogens is 368 g/mol. The topological polar surface area (TPSA) is 93.1 Å². The molecule has 0 spiro atoms. The van der Waals surface area contributed by atoms with Gasteiger partial charge in [-0.3, -0.25) is 19.0 Å². The molecule has 2 N–H and O–H groups in total. The number of anilines is 2. The van der Waals surface area contributed by atoms with Gasteiger partial charge in [0.15, 0.2) is 0 Å². The molecule has 2 aromatic carbocycles. The van der Waals surface area contributed by atoms with Gasteiger partial charge in [0.1, 0.15) is 0 Å². The van der Waals surface area contributed by atoms with E-state index in [9.17, 15) is 14.4 Å². The second-order valence-electron chi connectivity index (χ2n) is 6.88. The van der Waals surface area contributed by atoms with Crippen molar-refractivity contribution in [3.8, 4) is 0 Å². The van der Waals surface area contributed by atoms with Crippen molar-refractivity contribution in [2.45, 2.75) is 39.2 Å². The number of para-hydroxylation sites is 1. The highest BCUT2D eigenvalue weighted by molar-refractivity contribution is 5.93. The Labute approximate surface area is 168 Å². The zero-order valence-electron chi connectivity index (χ0n) is 16.4. The van der Waals surface area contributed by atoms with Crippen LogP contribution in [0.25, 0.3) is 10.9 Å². The van der Waals surface area contributed by atoms with E-state index < -0.39 is 0 Å². The third-order valence-corrected chi connectivity index (χ3v) is 4.50. The van der Waals surface area contributed by atoms with Crippen molar-refractivity contribution in [1.29, 1.82) is 0 Å². The van der Waals surface area contributed by atoms with Crippen LogP contribution >= 0.6 is 0 Å². The highest BCUT2D eigenvalue weighted by Crippen LogP contribution is 2.15. The zero-order valence-corrected chi connectivity index (χ0v) is 16.4. The first-order valence-electron chi connectivity index (χ1n) is 9.64. The number of aryl methyl sites for hydroxylation is 1. The highest BCUT2D eigenvalue weighted by Gasteiger charge is 2.05. The summed E-state index contributed by atoms with van der Waals surface area (Å²) in [6.07, 6.45) is 4.34. The van der Waals surface area contributed by atoms with E-state index in [1.165, 1.54) is 6.92 Å². The minimum Gasteiger partial charge on any atom is -0.326 e. The minimum absolute atomic E-state index is 0.0348. The van der Waals surface area contributed by atoms with Gasteiger partial charge in [-0.1, -0.05) is 24.6 Å². The Bertz CT molecular complexity index is 1070. The number of fused-ring (bicyclic) bond motifs is 1. The fourth-order valence-electron chi connectivity index (χ4n) is 3.11. The molecule has 3 aromatic rings. The van der Waals surface area contributed by atoms with Gasteiger partial charge in [0.05, 0.1) is 17.2 Å². The van der Waals surface area contributed by atoms with Gasteiger partial charge in [-0.2, -0.15) is 0 Å². The highest BCUT2D eigenvalue weighted by atomic mass is 16.2. The largest absolute Gasteiger partial charge is 0.326 e. The number of aromatic nitrogens is 2. The Morgan fingerprint density at radius 2 is 1.72 bits per heavy atom. The van der Waals surface area contributed by atoms with Gasteiger partial charge in [0.2, 0.25) is 11.8 Å². The maximum atomic E-state index is 12.4. The van der Waals surface area contributed by atoms with Crippen molar-refractivity contribution in [2.75, 3.05) is 10.6 Å². The van der Waals surface area contributed by atoms with Crippen LogP contribution < -0.4 is 16.2 Å². The van der Waals surface area contributed by atoms with E-state index >= 15 is 0 Å². The monoisotopic (exact) mass is 392 g/mol. The van der Waals surface area contributed by atoms with E-state index in [2.05, 4.69) is 15.6 Å². The number of rotatable bonds is 8. The molecule has 3 rings (SSSR count). The van der Waals surface area contributed by atoms with Crippen molar-refractivity contribution in [3.05, 3.63) is 65.2 Å². The van der Waals surface area contributed by atoms with Crippen molar-refractivity contribution in [2.24, 2.45) is 0 Å². The summed E-state index contributed by atoms with van der Waals surface area (Å²) in [5.41, 5.74) is 1.96. The number of amides is 2. The molecule has 150 valence electrons. The van der Waals surface area contributed by atoms with E-state index in [4.69, 9.17) is 0 Å². The van der Waals surface area contributed by atoms with Gasteiger partial charge in [0.25, 0.3) is 5.56 Å². The first-order valence-corrected chi connectivity index (χ1v) is 9.64.